The maximum atomic E-state index is 6.35. The van der Waals surface area contributed by atoms with Gasteiger partial charge in [0.1, 0.15) is 0 Å². The van der Waals surface area contributed by atoms with Crippen LogP contribution in [0.5, 0.6) is 0 Å². The minimum absolute atomic E-state index is 0.0656. The Kier molecular flexibility index (Phi) is 4.84. The fraction of sp³-hybridized carbons (Fsp3) is 0.438. The average molecular weight is 292 g/mol. The maximum absolute atomic E-state index is 6.35. The summed E-state index contributed by atoms with van der Waals surface area (Å²) in [6.45, 7) is 7.28. The quantitative estimate of drug-likeness (QED) is 0.906. The van der Waals surface area contributed by atoms with Crippen molar-refractivity contribution in [2.45, 2.75) is 39.8 Å². The van der Waals surface area contributed by atoms with E-state index in [1.165, 1.54) is 16.7 Å². The van der Waals surface area contributed by atoms with Crippen molar-refractivity contribution in [1.82, 2.24) is 15.1 Å². The molecule has 20 heavy (non-hydrogen) atoms. The molecule has 0 aliphatic rings. The van der Waals surface area contributed by atoms with Crippen molar-refractivity contribution in [3.63, 3.8) is 0 Å². The van der Waals surface area contributed by atoms with Crippen LogP contribution in [0.25, 0.3) is 0 Å². The van der Waals surface area contributed by atoms with E-state index < -0.39 is 0 Å². The van der Waals surface area contributed by atoms with Gasteiger partial charge in [-0.15, -0.1) is 0 Å². The Bertz CT molecular complexity index is 589. The predicted molar refractivity (Wildman–Crippen MR) is 84.3 cm³/mol. The van der Waals surface area contributed by atoms with E-state index in [0.717, 1.165) is 23.7 Å². The second-order valence-corrected chi connectivity index (χ2v) is 5.57. The molecule has 1 N–H and O–H groups in total. The molecule has 3 nitrogen and oxygen atoms in total. The van der Waals surface area contributed by atoms with E-state index in [-0.39, 0.29) is 6.04 Å². The Morgan fingerprint density at radius 2 is 2.05 bits per heavy atom. The van der Waals surface area contributed by atoms with Crippen LogP contribution in [0.1, 0.15) is 41.8 Å². The van der Waals surface area contributed by atoms with Crippen LogP contribution < -0.4 is 5.32 Å². The highest BCUT2D eigenvalue weighted by Gasteiger charge is 2.20. The van der Waals surface area contributed by atoms with E-state index in [4.69, 9.17) is 11.6 Å². The van der Waals surface area contributed by atoms with Gasteiger partial charge < -0.3 is 5.32 Å². The monoisotopic (exact) mass is 291 g/mol. The first-order chi connectivity index (χ1) is 9.58. The van der Waals surface area contributed by atoms with Crippen molar-refractivity contribution in [3.05, 3.63) is 51.8 Å². The second-order valence-electron chi connectivity index (χ2n) is 5.17. The lowest BCUT2D eigenvalue weighted by Crippen LogP contribution is -2.22. The summed E-state index contributed by atoms with van der Waals surface area (Å²) in [7, 11) is 1.96. The van der Waals surface area contributed by atoms with Crippen LogP contribution in [-0.2, 0) is 6.54 Å². The lowest BCUT2D eigenvalue weighted by atomic mass is 9.99. The number of rotatable bonds is 5. The third-order valence-corrected chi connectivity index (χ3v) is 3.99. The molecule has 1 aromatic carbocycles. The second kappa shape index (κ2) is 6.42. The average Bonchev–Trinajstić information content (AvgIpc) is 2.77. The molecule has 2 rings (SSSR count). The van der Waals surface area contributed by atoms with Crippen molar-refractivity contribution >= 4 is 11.6 Å². The zero-order chi connectivity index (χ0) is 14.7. The fourth-order valence-electron chi connectivity index (χ4n) is 2.45. The molecule has 1 heterocycles. The number of nitrogens with one attached hydrogen (secondary N) is 1. The lowest BCUT2D eigenvalue weighted by Gasteiger charge is -2.20. The van der Waals surface area contributed by atoms with Crippen molar-refractivity contribution in [1.29, 1.82) is 0 Å². The zero-order valence-corrected chi connectivity index (χ0v) is 13.3. The summed E-state index contributed by atoms with van der Waals surface area (Å²) in [5.41, 5.74) is 4.85. The first kappa shape index (κ1) is 15.1. The lowest BCUT2D eigenvalue weighted by molar-refractivity contribution is 0.534. The van der Waals surface area contributed by atoms with Crippen LogP contribution in [0, 0.1) is 13.8 Å². The number of aromatic nitrogens is 2. The van der Waals surface area contributed by atoms with E-state index in [1.54, 1.807) is 6.20 Å². The van der Waals surface area contributed by atoms with E-state index in [1.807, 2.05) is 11.7 Å². The number of aryl methyl sites for hydroxylation is 3. The molecule has 0 spiro atoms. The van der Waals surface area contributed by atoms with Crippen molar-refractivity contribution in [2.75, 3.05) is 7.05 Å². The molecule has 1 atom stereocenters. The first-order valence-corrected chi connectivity index (χ1v) is 7.41. The van der Waals surface area contributed by atoms with E-state index in [2.05, 4.69) is 49.4 Å². The first-order valence-electron chi connectivity index (χ1n) is 7.04. The smallest absolute Gasteiger partial charge is 0.0837 e. The molecule has 0 aliphatic heterocycles. The summed E-state index contributed by atoms with van der Waals surface area (Å²) in [5, 5.41) is 8.46. The Morgan fingerprint density at radius 1 is 1.30 bits per heavy atom. The number of hydrogen-bond acceptors (Lipinski definition) is 2. The van der Waals surface area contributed by atoms with Crippen LogP contribution in [0.3, 0.4) is 0 Å². The predicted octanol–water partition coefficient (Wildman–Crippen LogP) is 3.87. The van der Waals surface area contributed by atoms with Gasteiger partial charge in [-0.25, -0.2) is 0 Å². The van der Waals surface area contributed by atoms with Crippen LogP contribution >= 0.6 is 11.6 Å². The van der Waals surface area contributed by atoms with Gasteiger partial charge in [0.15, 0.2) is 0 Å². The zero-order valence-electron chi connectivity index (χ0n) is 12.6. The molecule has 1 aromatic heterocycles. The van der Waals surface area contributed by atoms with Crippen molar-refractivity contribution in [3.8, 4) is 0 Å². The summed E-state index contributed by atoms with van der Waals surface area (Å²) in [5.74, 6) is 0. The van der Waals surface area contributed by atoms with Gasteiger partial charge in [0.05, 0.1) is 23.0 Å². The molecule has 0 bridgehead atoms. The van der Waals surface area contributed by atoms with Gasteiger partial charge in [-0.1, -0.05) is 36.7 Å². The number of nitrogens with zero attached hydrogens (tertiary/aromatic N) is 2. The van der Waals surface area contributed by atoms with Gasteiger partial charge >= 0.3 is 0 Å². The summed E-state index contributed by atoms with van der Waals surface area (Å²) in [4.78, 5) is 0. The molecule has 108 valence electrons. The molecule has 0 aliphatic carbocycles. The Morgan fingerprint density at radius 3 is 2.65 bits per heavy atom. The molecule has 0 saturated heterocycles. The molecule has 4 heteroatoms. The van der Waals surface area contributed by atoms with E-state index in [0.29, 0.717) is 0 Å². The topological polar surface area (TPSA) is 29.9 Å². The highest BCUT2D eigenvalue weighted by Crippen LogP contribution is 2.29. The Labute approximate surface area is 126 Å². The van der Waals surface area contributed by atoms with Crippen molar-refractivity contribution in [2.24, 2.45) is 0 Å². The van der Waals surface area contributed by atoms with Crippen LogP contribution in [-0.4, -0.2) is 16.8 Å². The summed E-state index contributed by atoms with van der Waals surface area (Å²) in [6, 6.07) is 6.60. The highest BCUT2D eigenvalue weighted by molar-refractivity contribution is 6.31. The molecule has 0 amide bonds. The van der Waals surface area contributed by atoms with E-state index >= 15 is 0 Å². The summed E-state index contributed by atoms with van der Waals surface area (Å²) < 4.78 is 2.00. The number of hydrogen-bond donors (Lipinski definition) is 1. The molecular weight excluding hydrogens is 270 g/mol. The van der Waals surface area contributed by atoms with Gasteiger partial charge in [-0.2, -0.15) is 5.10 Å². The van der Waals surface area contributed by atoms with Gasteiger partial charge in [0.25, 0.3) is 0 Å². The molecule has 1 unspecified atom stereocenters. The van der Waals surface area contributed by atoms with Crippen LogP contribution in [0.4, 0.5) is 0 Å². The van der Waals surface area contributed by atoms with Gasteiger partial charge in [-0.3, -0.25) is 4.68 Å². The molecular formula is C16H22ClN3. The minimum Gasteiger partial charge on any atom is -0.308 e. The van der Waals surface area contributed by atoms with E-state index in [9.17, 15) is 0 Å². The standard InChI is InChI=1S/C16H22ClN3/c1-5-8-20-16(14(17)10-19-20)15(18-4)13-7-6-11(2)12(3)9-13/h6-7,9-10,15,18H,5,8H2,1-4H3. The summed E-state index contributed by atoms with van der Waals surface area (Å²) >= 11 is 6.35. The summed E-state index contributed by atoms with van der Waals surface area (Å²) in [6.07, 6.45) is 2.77. The molecule has 0 radical (unpaired) electrons. The number of benzene rings is 1. The molecule has 2 aromatic rings. The molecule has 0 fully saturated rings. The van der Waals surface area contributed by atoms with Gasteiger partial charge in [0, 0.05) is 6.54 Å². The number of halogens is 1. The largest absolute Gasteiger partial charge is 0.308 e. The maximum Gasteiger partial charge on any atom is 0.0837 e. The Hall–Kier alpha value is -1.32. The van der Waals surface area contributed by atoms with Gasteiger partial charge in [0.2, 0.25) is 0 Å². The highest BCUT2D eigenvalue weighted by atomic mass is 35.5. The van der Waals surface area contributed by atoms with Gasteiger partial charge in [-0.05, 0) is 44.0 Å². The van der Waals surface area contributed by atoms with Crippen molar-refractivity contribution < 1.29 is 0 Å². The van der Waals surface area contributed by atoms with Crippen LogP contribution in [0.15, 0.2) is 24.4 Å². The third kappa shape index (κ3) is 2.89. The SMILES string of the molecule is CCCn1ncc(Cl)c1C(NC)c1ccc(C)c(C)c1. The normalized spacial score (nSPS) is 12.7. The van der Waals surface area contributed by atoms with Crippen LogP contribution in [0.2, 0.25) is 5.02 Å². The Balaban J connectivity index is 2.46. The fourth-order valence-corrected chi connectivity index (χ4v) is 2.70. The molecule has 0 saturated carbocycles. The minimum atomic E-state index is 0.0656. The third-order valence-electron chi connectivity index (χ3n) is 3.70.